The normalized spacial score (nSPS) is 18.5. The van der Waals surface area contributed by atoms with Crippen LogP contribution in [0.15, 0.2) is 24.5 Å². The minimum Gasteiger partial charge on any atom is -0.493 e. The van der Waals surface area contributed by atoms with Crippen molar-refractivity contribution in [1.82, 2.24) is 9.97 Å². The Kier molecular flexibility index (Phi) is 4.44. The first-order valence-electron chi connectivity index (χ1n) is 9.09. The quantitative estimate of drug-likeness (QED) is 0.844. The van der Waals surface area contributed by atoms with E-state index in [0.717, 1.165) is 62.0 Å². The van der Waals surface area contributed by atoms with Crippen molar-refractivity contribution in [3.63, 3.8) is 0 Å². The van der Waals surface area contributed by atoms with Crippen molar-refractivity contribution < 1.29 is 14.2 Å². The minimum absolute atomic E-state index is 0.250. The van der Waals surface area contributed by atoms with Crippen LogP contribution in [0.1, 0.15) is 29.7 Å². The second-order valence-corrected chi connectivity index (χ2v) is 6.91. The lowest BCUT2D eigenvalue weighted by Crippen LogP contribution is -2.47. The van der Waals surface area contributed by atoms with Gasteiger partial charge < -0.3 is 19.1 Å². The van der Waals surface area contributed by atoms with Crippen LogP contribution in [-0.2, 0) is 16.8 Å². The Bertz CT molecular complexity index is 801. The molecule has 0 bridgehead atoms. The van der Waals surface area contributed by atoms with Crippen molar-refractivity contribution in [2.45, 2.75) is 31.8 Å². The van der Waals surface area contributed by atoms with Gasteiger partial charge in [0.05, 0.1) is 32.1 Å². The lowest BCUT2D eigenvalue weighted by Gasteiger charge is -2.45. The number of ether oxygens (including phenoxy) is 3. The maximum absolute atomic E-state index is 6.36. The highest BCUT2D eigenvalue weighted by molar-refractivity contribution is 5.51. The van der Waals surface area contributed by atoms with Crippen LogP contribution in [0.2, 0.25) is 0 Å². The molecular weight excluding hydrogens is 330 g/mol. The Labute approximate surface area is 154 Å². The molecule has 1 spiro atoms. The van der Waals surface area contributed by atoms with Gasteiger partial charge in [-0.25, -0.2) is 4.98 Å². The lowest BCUT2D eigenvalue weighted by molar-refractivity contribution is -0.0768. The van der Waals surface area contributed by atoms with Crippen molar-refractivity contribution in [3.05, 3.63) is 41.3 Å². The molecule has 6 heteroatoms. The summed E-state index contributed by atoms with van der Waals surface area (Å²) in [5, 5.41) is 0. The second-order valence-electron chi connectivity index (χ2n) is 6.91. The van der Waals surface area contributed by atoms with E-state index in [1.165, 1.54) is 11.1 Å². The van der Waals surface area contributed by atoms with Gasteiger partial charge in [0.2, 0.25) is 0 Å². The molecule has 0 radical (unpaired) electrons. The topological polar surface area (TPSA) is 56.7 Å². The van der Waals surface area contributed by atoms with Gasteiger partial charge in [0.15, 0.2) is 11.5 Å². The lowest BCUT2D eigenvalue weighted by atomic mass is 9.79. The van der Waals surface area contributed by atoms with Gasteiger partial charge in [-0.05, 0) is 49.4 Å². The first kappa shape index (κ1) is 17.1. The molecule has 0 aliphatic carbocycles. The molecule has 2 aliphatic heterocycles. The zero-order valence-electron chi connectivity index (χ0n) is 15.6. The SMILES string of the molecule is COc1cc2c(cc1OC)C1(CCN(c3nccnc3C)CC1)OCC2. The van der Waals surface area contributed by atoms with Gasteiger partial charge in [0.25, 0.3) is 0 Å². The zero-order valence-corrected chi connectivity index (χ0v) is 15.6. The van der Waals surface area contributed by atoms with E-state index in [9.17, 15) is 0 Å². The Morgan fingerprint density at radius 3 is 2.42 bits per heavy atom. The number of hydrogen-bond donors (Lipinski definition) is 0. The maximum Gasteiger partial charge on any atom is 0.161 e. The van der Waals surface area contributed by atoms with Crippen LogP contribution in [0.4, 0.5) is 5.82 Å². The summed E-state index contributed by atoms with van der Waals surface area (Å²) in [5.74, 6) is 2.53. The molecule has 1 saturated heterocycles. The fourth-order valence-electron chi connectivity index (χ4n) is 4.19. The van der Waals surface area contributed by atoms with E-state index in [-0.39, 0.29) is 5.60 Å². The van der Waals surface area contributed by atoms with Crippen LogP contribution in [0.3, 0.4) is 0 Å². The molecule has 138 valence electrons. The summed E-state index contributed by atoms with van der Waals surface area (Å²) in [6, 6.07) is 4.22. The van der Waals surface area contributed by atoms with Crippen molar-refractivity contribution in [1.29, 1.82) is 0 Å². The molecule has 1 aromatic carbocycles. The van der Waals surface area contributed by atoms with E-state index in [1.54, 1.807) is 26.6 Å². The zero-order chi connectivity index (χ0) is 18.1. The Morgan fingerprint density at radius 1 is 1.04 bits per heavy atom. The number of nitrogens with zero attached hydrogens (tertiary/aromatic N) is 3. The Balaban J connectivity index is 1.63. The second kappa shape index (κ2) is 6.76. The van der Waals surface area contributed by atoms with Crippen molar-refractivity contribution in [3.8, 4) is 11.5 Å². The fourth-order valence-corrected chi connectivity index (χ4v) is 4.19. The number of benzene rings is 1. The van der Waals surface area contributed by atoms with E-state index < -0.39 is 0 Å². The molecule has 0 saturated carbocycles. The van der Waals surface area contributed by atoms with Crippen LogP contribution in [0.5, 0.6) is 11.5 Å². The van der Waals surface area contributed by atoms with Gasteiger partial charge in [0.1, 0.15) is 5.82 Å². The van der Waals surface area contributed by atoms with Gasteiger partial charge >= 0.3 is 0 Å². The summed E-state index contributed by atoms with van der Waals surface area (Å²) in [7, 11) is 3.36. The summed E-state index contributed by atoms with van der Waals surface area (Å²) < 4.78 is 17.4. The minimum atomic E-state index is -0.250. The molecule has 3 heterocycles. The highest BCUT2D eigenvalue weighted by Crippen LogP contribution is 2.45. The largest absolute Gasteiger partial charge is 0.493 e. The fraction of sp³-hybridized carbons (Fsp3) is 0.500. The smallest absolute Gasteiger partial charge is 0.161 e. The van der Waals surface area contributed by atoms with Crippen LogP contribution in [0.25, 0.3) is 0 Å². The predicted molar refractivity (Wildman–Crippen MR) is 99.1 cm³/mol. The van der Waals surface area contributed by atoms with Gasteiger partial charge in [-0.2, -0.15) is 0 Å². The summed E-state index contributed by atoms with van der Waals surface area (Å²) in [4.78, 5) is 11.2. The number of fused-ring (bicyclic) bond motifs is 2. The molecule has 1 fully saturated rings. The number of aryl methyl sites for hydroxylation is 1. The van der Waals surface area contributed by atoms with E-state index in [4.69, 9.17) is 14.2 Å². The standard InChI is InChI=1S/C20H25N3O3/c1-14-19(22-8-7-21-14)23-9-5-20(6-10-23)16-13-18(25-3)17(24-2)12-15(16)4-11-26-20/h7-8,12-13H,4-6,9-11H2,1-3H3. The predicted octanol–water partition coefficient (Wildman–Crippen LogP) is 2.87. The number of piperidine rings is 1. The third-order valence-corrected chi connectivity index (χ3v) is 5.58. The average Bonchev–Trinajstić information content (AvgIpc) is 2.68. The van der Waals surface area contributed by atoms with Gasteiger partial charge in [-0.1, -0.05) is 0 Å². The van der Waals surface area contributed by atoms with E-state index in [0.29, 0.717) is 0 Å². The Hall–Kier alpha value is -2.34. The third kappa shape index (κ3) is 2.78. The van der Waals surface area contributed by atoms with E-state index in [1.807, 2.05) is 6.92 Å². The van der Waals surface area contributed by atoms with Crippen LogP contribution < -0.4 is 14.4 Å². The maximum atomic E-state index is 6.36. The highest BCUT2D eigenvalue weighted by Gasteiger charge is 2.42. The van der Waals surface area contributed by atoms with Crippen LogP contribution in [0, 0.1) is 6.92 Å². The van der Waals surface area contributed by atoms with Gasteiger partial charge in [-0.3, -0.25) is 4.98 Å². The number of rotatable bonds is 3. The van der Waals surface area contributed by atoms with E-state index in [2.05, 4.69) is 27.0 Å². The molecule has 26 heavy (non-hydrogen) atoms. The summed E-state index contributed by atoms with van der Waals surface area (Å²) >= 11 is 0. The van der Waals surface area contributed by atoms with Crippen molar-refractivity contribution in [2.75, 3.05) is 38.8 Å². The number of aromatic nitrogens is 2. The third-order valence-electron chi connectivity index (χ3n) is 5.58. The first-order valence-corrected chi connectivity index (χ1v) is 9.09. The molecule has 4 rings (SSSR count). The summed E-state index contributed by atoms with van der Waals surface area (Å²) in [6.45, 7) is 4.55. The molecule has 6 nitrogen and oxygen atoms in total. The van der Waals surface area contributed by atoms with E-state index >= 15 is 0 Å². The van der Waals surface area contributed by atoms with Gasteiger partial charge in [0, 0.05) is 25.5 Å². The molecule has 0 amide bonds. The molecule has 0 N–H and O–H groups in total. The Morgan fingerprint density at radius 2 is 1.73 bits per heavy atom. The summed E-state index contributed by atoms with van der Waals surface area (Å²) in [5.41, 5.74) is 3.27. The highest BCUT2D eigenvalue weighted by atomic mass is 16.5. The molecule has 2 aromatic rings. The van der Waals surface area contributed by atoms with Crippen LogP contribution >= 0.6 is 0 Å². The molecule has 0 atom stereocenters. The number of anilines is 1. The van der Waals surface area contributed by atoms with Crippen LogP contribution in [-0.4, -0.2) is 43.9 Å². The molecule has 2 aliphatic rings. The number of methoxy groups -OCH3 is 2. The molecular formula is C20H25N3O3. The molecule has 0 unspecified atom stereocenters. The monoisotopic (exact) mass is 355 g/mol. The summed E-state index contributed by atoms with van der Waals surface area (Å²) in [6.07, 6.45) is 6.25. The van der Waals surface area contributed by atoms with Gasteiger partial charge in [-0.15, -0.1) is 0 Å². The van der Waals surface area contributed by atoms with Crippen molar-refractivity contribution >= 4 is 5.82 Å². The average molecular weight is 355 g/mol. The first-order chi connectivity index (χ1) is 12.7. The molecule has 1 aromatic heterocycles. The number of hydrogen-bond acceptors (Lipinski definition) is 6. The van der Waals surface area contributed by atoms with Crippen molar-refractivity contribution in [2.24, 2.45) is 0 Å².